The predicted molar refractivity (Wildman–Crippen MR) is 70.6 cm³/mol. The number of rotatable bonds is 4. The second-order valence-corrected chi connectivity index (χ2v) is 4.51. The summed E-state index contributed by atoms with van der Waals surface area (Å²) in [5.41, 5.74) is 0.314. The summed E-state index contributed by atoms with van der Waals surface area (Å²) < 4.78 is 0. The van der Waals surface area contributed by atoms with Crippen molar-refractivity contribution in [3.63, 3.8) is 0 Å². The van der Waals surface area contributed by atoms with Crippen LogP contribution in [-0.2, 0) is 4.79 Å². The highest BCUT2D eigenvalue weighted by Gasteiger charge is 2.15. The molecule has 1 saturated heterocycles. The van der Waals surface area contributed by atoms with Crippen molar-refractivity contribution in [2.24, 2.45) is 0 Å². The van der Waals surface area contributed by atoms with E-state index in [1.54, 1.807) is 24.4 Å². The normalized spacial score (nSPS) is 18.6. The molecule has 1 aromatic heterocycles. The van der Waals surface area contributed by atoms with Gasteiger partial charge < -0.3 is 16.0 Å². The van der Waals surface area contributed by atoms with Gasteiger partial charge in [0.2, 0.25) is 5.91 Å². The highest BCUT2D eigenvalue weighted by Crippen LogP contribution is 2.00. The summed E-state index contributed by atoms with van der Waals surface area (Å²) in [5, 5.41) is 8.66. The molecule has 1 aliphatic heterocycles. The molecular weight excluding hydrogens is 244 g/mol. The molecule has 1 aliphatic rings. The topological polar surface area (TPSA) is 83.1 Å². The molecule has 1 fully saturated rings. The lowest BCUT2D eigenvalue weighted by Gasteiger charge is -2.23. The smallest absolute Gasteiger partial charge is 0.270 e. The fourth-order valence-corrected chi connectivity index (χ4v) is 2.00. The molecular formula is C13H18N4O2. The summed E-state index contributed by atoms with van der Waals surface area (Å²) in [4.78, 5) is 27.3. The van der Waals surface area contributed by atoms with Gasteiger partial charge in [0.1, 0.15) is 5.69 Å². The first kappa shape index (κ1) is 13.5. The van der Waals surface area contributed by atoms with Crippen LogP contribution in [0.5, 0.6) is 0 Å². The van der Waals surface area contributed by atoms with Gasteiger partial charge in [0.05, 0.1) is 6.54 Å². The maximum absolute atomic E-state index is 11.7. The molecule has 0 saturated carbocycles. The zero-order valence-electron chi connectivity index (χ0n) is 10.7. The van der Waals surface area contributed by atoms with Crippen molar-refractivity contribution in [1.82, 2.24) is 20.9 Å². The van der Waals surface area contributed by atoms with Gasteiger partial charge in [-0.1, -0.05) is 6.07 Å². The van der Waals surface area contributed by atoms with E-state index >= 15 is 0 Å². The fourth-order valence-electron chi connectivity index (χ4n) is 2.00. The lowest BCUT2D eigenvalue weighted by atomic mass is 10.1. The van der Waals surface area contributed by atoms with Crippen LogP contribution in [0.4, 0.5) is 0 Å². The molecule has 2 heterocycles. The van der Waals surface area contributed by atoms with E-state index in [4.69, 9.17) is 0 Å². The summed E-state index contributed by atoms with van der Waals surface area (Å²) in [5.74, 6) is -0.504. The minimum absolute atomic E-state index is 0.0219. The maximum atomic E-state index is 11.7. The summed E-state index contributed by atoms with van der Waals surface area (Å²) in [7, 11) is 0. The first-order valence-electron chi connectivity index (χ1n) is 6.45. The first-order chi connectivity index (χ1) is 9.25. The molecule has 2 amide bonds. The van der Waals surface area contributed by atoms with Gasteiger partial charge in [-0.15, -0.1) is 0 Å². The van der Waals surface area contributed by atoms with Gasteiger partial charge in [-0.2, -0.15) is 0 Å². The van der Waals surface area contributed by atoms with Gasteiger partial charge in [0.15, 0.2) is 0 Å². The molecule has 6 heteroatoms. The molecule has 102 valence electrons. The van der Waals surface area contributed by atoms with Gasteiger partial charge in [0, 0.05) is 18.8 Å². The molecule has 19 heavy (non-hydrogen) atoms. The number of hydrogen-bond acceptors (Lipinski definition) is 4. The number of hydrogen-bond donors (Lipinski definition) is 3. The summed E-state index contributed by atoms with van der Waals surface area (Å²) in [6, 6.07) is 5.24. The van der Waals surface area contributed by atoms with Gasteiger partial charge in [-0.05, 0) is 31.5 Å². The predicted octanol–water partition coefficient (Wildman–Crippen LogP) is -0.320. The zero-order chi connectivity index (χ0) is 13.5. The third-order valence-corrected chi connectivity index (χ3v) is 2.97. The fraction of sp³-hybridized carbons (Fsp3) is 0.462. The van der Waals surface area contributed by atoms with Crippen LogP contribution in [0, 0.1) is 0 Å². The Morgan fingerprint density at radius 2 is 2.32 bits per heavy atom. The Morgan fingerprint density at radius 3 is 3.00 bits per heavy atom. The highest BCUT2D eigenvalue weighted by molar-refractivity contribution is 5.94. The van der Waals surface area contributed by atoms with Crippen molar-refractivity contribution in [1.29, 1.82) is 0 Å². The quantitative estimate of drug-likeness (QED) is 0.694. The maximum Gasteiger partial charge on any atom is 0.270 e. The Balaban J connectivity index is 1.72. The second-order valence-electron chi connectivity index (χ2n) is 4.51. The van der Waals surface area contributed by atoms with E-state index in [1.165, 1.54) is 0 Å². The molecule has 1 atom stereocenters. The molecule has 1 aromatic rings. The van der Waals surface area contributed by atoms with E-state index in [0.717, 1.165) is 25.9 Å². The standard InChI is InChI=1S/C13H18N4O2/c18-12(17-10-4-3-6-14-8-10)9-16-13(19)11-5-1-2-7-15-11/h1-2,5,7,10,14H,3-4,6,8-9H2,(H,16,19)(H,17,18)/t10-/m0/s1. The number of pyridine rings is 1. The molecule has 2 rings (SSSR count). The number of carbonyl (C=O) groups excluding carboxylic acids is 2. The largest absolute Gasteiger partial charge is 0.351 e. The van der Waals surface area contributed by atoms with Gasteiger partial charge in [-0.25, -0.2) is 0 Å². The van der Waals surface area contributed by atoms with Crippen molar-refractivity contribution in [2.75, 3.05) is 19.6 Å². The molecule has 3 N–H and O–H groups in total. The van der Waals surface area contributed by atoms with Crippen LogP contribution in [0.15, 0.2) is 24.4 Å². The molecule has 0 spiro atoms. The van der Waals surface area contributed by atoms with E-state index < -0.39 is 0 Å². The molecule has 0 radical (unpaired) electrons. The van der Waals surface area contributed by atoms with Crippen LogP contribution in [0.2, 0.25) is 0 Å². The Morgan fingerprint density at radius 1 is 1.42 bits per heavy atom. The molecule has 0 unspecified atom stereocenters. The van der Waals surface area contributed by atoms with Crippen molar-refractivity contribution in [3.8, 4) is 0 Å². The SMILES string of the molecule is O=C(CNC(=O)c1ccccn1)N[C@H]1CCCNC1. The minimum atomic E-state index is -0.336. The van der Waals surface area contributed by atoms with Crippen LogP contribution in [-0.4, -0.2) is 42.5 Å². The van der Waals surface area contributed by atoms with Crippen LogP contribution < -0.4 is 16.0 Å². The van der Waals surface area contributed by atoms with Crippen LogP contribution in [0.1, 0.15) is 23.3 Å². The second kappa shape index (κ2) is 6.84. The van der Waals surface area contributed by atoms with Crippen LogP contribution in [0.25, 0.3) is 0 Å². The van der Waals surface area contributed by atoms with Crippen molar-refractivity contribution >= 4 is 11.8 Å². The Hall–Kier alpha value is -1.95. The Bertz CT molecular complexity index is 430. The number of carbonyl (C=O) groups is 2. The van der Waals surface area contributed by atoms with Crippen molar-refractivity contribution in [2.45, 2.75) is 18.9 Å². The third-order valence-electron chi connectivity index (χ3n) is 2.97. The van der Waals surface area contributed by atoms with Crippen LogP contribution in [0.3, 0.4) is 0 Å². The average molecular weight is 262 g/mol. The van der Waals surface area contributed by atoms with Crippen molar-refractivity contribution < 1.29 is 9.59 Å². The van der Waals surface area contributed by atoms with E-state index in [-0.39, 0.29) is 24.4 Å². The summed E-state index contributed by atoms with van der Waals surface area (Å²) >= 11 is 0. The number of nitrogens with one attached hydrogen (secondary N) is 3. The van der Waals surface area contributed by atoms with Crippen LogP contribution >= 0.6 is 0 Å². The molecule has 0 bridgehead atoms. The summed E-state index contributed by atoms with van der Waals surface area (Å²) in [6.07, 6.45) is 3.58. The van der Waals surface area contributed by atoms with E-state index in [2.05, 4.69) is 20.9 Å². The minimum Gasteiger partial charge on any atom is -0.351 e. The van der Waals surface area contributed by atoms with Gasteiger partial charge >= 0.3 is 0 Å². The Kier molecular flexibility index (Phi) is 4.85. The highest BCUT2D eigenvalue weighted by atomic mass is 16.2. The number of amides is 2. The molecule has 0 aromatic carbocycles. The van der Waals surface area contributed by atoms with E-state index in [1.807, 2.05) is 0 Å². The van der Waals surface area contributed by atoms with Gasteiger partial charge in [0.25, 0.3) is 5.91 Å². The van der Waals surface area contributed by atoms with Crippen molar-refractivity contribution in [3.05, 3.63) is 30.1 Å². The van der Waals surface area contributed by atoms with E-state index in [9.17, 15) is 9.59 Å². The monoisotopic (exact) mass is 262 g/mol. The summed E-state index contributed by atoms with van der Waals surface area (Å²) in [6.45, 7) is 1.77. The number of piperidine rings is 1. The third kappa shape index (κ3) is 4.33. The lowest BCUT2D eigenvalue weighted by Crippen LogP contribution is -2.48. The first-order valence-corrected chi connectivity index (χ1v) is 6.45. The Labute approximate surface area is 112 Å². The molecule has 6 nitrogen and oxygen atoms in total. The lowest BCUT2D eigenvalue weighted by molar-refractivity contribution is -0.120. The van der Waals surface area contributed by atoms with E-state index in [0.29, 0.717) is 5.69 Å². The average Bonchev–Trinajstić information content (AvgIpc) is 2.47. The zero-order valence-corrected chi connectivity index (χ0v) is 10.7. The number of nitrogens with zero attached hydrogens (tertiary/aromatic N) is 1. The number of aromatic nitrogens is 1. The molecule has 0 aliphatic carbocycles. The van der Waals surface area contributed by atoms with Gasteiger partial charge in [-0.3, -0.25) is 14.6 Å².